The van der Waals surface area contributed by atoms with Crippen LogP contribution in [0.3, 0.4) is 0 Å². The Morgan fingerprint density at radius 2 is 1.87 bits per heavy atom. The fourth-order valence-electron chi connectivity index (χ4n) is 2.53. The number of carbonyl (C=O) groups excluding carboxylic acids is 3. The molecule has 0 aliphatic heterocycles. The molecule has 1 atom stereocenters. The van der Waals surface area contributed by atoms with E-state index in [9.17, 15) is 14.4 Å². The average molecular weight is 465 g/mol. The van der Waals surface area contributed by atoms with Gasteiger partial charge in [-0.05, 0) is 36.2 Å². The SMILES string of the molecule is CC(C)C(NC(=O)c1ccc(Cl)cc1Cl)C(=O)N/N=C\c1ccccc1OCC(N)=O. The molecule has 0 radical (unpaired) electrons. The number of hydrogen-bond donors (Lipinski definition) is 3. The first kappa shape index (κ1) is 24.2. The monoisotopic (exact) mass is 464 g/mol. The summed E-state index contributed by atoms with van der Waals surface area (Å²) >= 11 is 11.9. The van der Waals surface area contributed by atoms with Gasteiger partial charge in [-0.15, -0.1) is 0 Å². The van der Waals surface area contributed by atoms with Gasteiger partial charge in [0.2, 0.25) is 0 Å². The van der Waals surface area contributed by atoms with Gasteiger partial charge in [0.25, 0.3) is 17.7 Å². The highest BCUT2D eigenvalue weighted by atomic mass is 35.5. The summed E-state index contributed by atoms with van der Waals surface area (Å²) in [7, 11) is 0. The van der Waals surface area contributed by atoms with E-state index < -0.39 is 23.8 Å². The number of amides is 3. The van der Waals surface area contributed by atoms with Gasteiger partial charge >= 0.3 is 0 Å². The van der Waals surface area contributed by atoms with E-state index in [4.69, 9.17) is 33.7 Å². The minimum atomic E-state index is -0.863. The lowest BCUT2D eigenvalue weighted by atomic mass is 10.0. The normalized spacial score (nSPS) is 11.9. The van der Waals surface area contributed by atoms with Gasteiger partial charge < -0.3 is 15.8 Å². The van der Waals surface area contributed by atoms with Crippen molar-refractivity contribution in [2.75, 3.05) is 6.61 Å². The van der Waals surface area contributed by atoms with Crippen LogP contribution < -0.4 is 21.2 Å². The molecule has 2 rings (SSSR count). The van der Waals surface area contributed by atoms with Crippen LogP contribution >= 0.6 is 23.2 Å². The van der Waals surface area contributed by atoms with Crippen molar-refractivity contribution in [3.8, 4) is 5.75 Å². The topological polar surface area (TPSA) is 123 Å². The van der Waals surface area contributed by atoms with Crippen LogP contribution in [0.1, 0.15) is 29.8 Å². The lowest BCUT2D eigenvalue weighted by Gasteiger charge is -2.20. The molecule has 2 aromatic carbocycles. The van der Waals surface area contributed by atoms with E-state index in [-0.39, 0.29) is 23.1 Å². The van der Waals surface area contributed by atoms with E-state index in [1.54, 1.807) is 38.1 Å². The average Bonchev–Trinajstić information content (AvgIpc) is 2.70. The number of primary amides is 1. The maximum Gasteiger partial charge on any atom is 0.262 e. The zero-order valence-corrected chi connectivity index (χ0v) is 18.4. The molecule has 4 N–H and O–H groups in total. The molecule has 0 saturated carbocycles. The number of hydrazone groups is 1. The Balaban J connectivity index is 2.06. The summed E-state index contributed by atoms with van der Waals surface area (Å²) in [6.45, 7) is 3.28. The van der Waals surface area contributed by atoms with Crippen LogP contribution in [0.2, 0.25) is 10.0 Å². The summed E-state index contributed by atoms with van der Waals surface area (Å²) in [6, 6.07) is 10.4. The fourth-order valence-corrected chi connectivity index (χ4v) is 3.02. The molecule has 0 saturated heterocycles. The Morgan fingerprint density at radius 3 is 2.52 bits per heavy atom. The first-order valence-electron chi connectivity index (χ1n) is 9.28. The summed E-state index contributed by atoms with van der Waals surface area (Å²) in [5.41, 5.74) is 8.22. The molecular weight excluding hydrogens is 443 g/mol. The Hall–Kier alpha value is -3.10. The quantitative estimate of drug-likeness (QED) is 0.389. The van der Waals surface area contributed by atoms with E-state index in [0.717, 1.165) is 0 Å². The summed E-state index contributed by atoms with van der Waals surface area (Å²) in [5, 5.41) is 7.16. The van der Waals surface area contributed by atoms with Gasteiger partial charge in [0.1, 0.15) is 11.8 Å². The lowest BCUT2D eigenvalue weighted by molar-refractivity contribution is -0.124. The van der Waals surface area contributed by atoms with E-state index in [2.05, 4.69) is 15.8 Å². The van der Waals surface area contributed by atoms with Gasteiger partial charge in [0, 0.05) is 10.6 Å². The number of nitrogens with one attached hydrogen (secondary N) is 2. The number of benzene rings is 2. The third-order valence-corrected chi connectivity index (χ3v) is 4.63. The van der Waals surface area contributed by atoms with E-state index in [1.807, 2.05) is 0 Å². The predicted molar refractivity (Wildman–Crippen MR) is 119 cm³/mol. The molecule has 2 aromatic rings. The summed E-state index contributed by atoms with van der Waals surface area (Å²) < 4.78 is 5.31. The van der Waals surface area contributed by atoms with Crippen molar-refractivity contribution in [2.45, 2.75) is 19.9 Å². The first-order valence-corrected chi connectivity index (χ1v) is 10.0. The van der Waals surface area contributed by atoms with Crippen LogP contribution in [-0.4, -0.2) is 36.6 Å². The molecule has 164 valence electrons. The van der Waals surface area contributed by atoms with Crippen molar-refractivity contribution < 1.29 is 19.1 Å². The maximum absolute atomic E-state index is 12.6. The number of halogens is 2. The number of carbonyl (C=O) groups is 3. The predicted octanol–water partition coefficient (Wildman–Crippen LogP) is 2.76. The van der Waals surface area contributed by atoms with Gasteiger partial charge in [-0.2, -0.15) is 5.10 Å². The smallest absolute Gasteiger partial charge is 0.262 e. The summed E-state index contributed by atoms with van der Waals surface area (Å²) in [6.07, 6.45) is 1.36. The number of para-hydroxylation sites is 1. The molecule has 0 aliphatic rings. The molecule has 0 bridgehead atoms. The molecule has 10 heteroatoms. The van der Waals surface area contributed by atoms with Crippen LogP contribution in [0.15, 0.2) is 47.6 Å². The fraction of sp³-hybridized carbons (Fsp3) is 0.238. The second-order valence-electron chi connectivity index (χ2n) is 6.85. The summed E-state index contributed by atoms with van der Waals surface area (Å²) in [5.74, 6) is -1.48. The Labute approximate surface area is 189 Å². The maximum atomic E-state index is 12.6. The first-order chi connectivity index (χ1) is 14.7. The molecular formula is C21H22Cl2N4O4. The standard InChI is InChI=1S/C21H22Cl2N4O4/c1-12(2)19(26-20(29)15-8-7-14(22)9-16(15)23)21(30)27-25-10-13-5-3-4-6-17(13)31-11-18(24)28/h3-10,12,19H,11H2,1-2H3,(H2,24,28)(H,26,29)(H,27,30)/b25-10-. The second kappa shape index (κ2) is 11.3. The highest BCUT2D eigenvalue weighted by molar-refractivity contribution is 6.36. The van der Waals surface area contributed by atoms with Crippen molar-refractivity contribution in [1.82, 2.24) is 10.7 Å². The Kier molecular flexibility index (Phi) is 8.84. The van der Waals surface area contributed by atoms with Gasteiger partial charge in [-0.3, -0.25) is 14.4 Å². The van der Waals surface area contributed by atoms with Gasteiger partial charge in [0.15, 0.2) is 6.61 Å². The van der Waals surface area contributed by atoms with Gasteiger partial charge in [0.05, 0.1) is 16.8 Å². The van der Waals surface area contributed by atoms with Crippen molar-refractivity contribution >= 4 is 47.1 Å². The third-order valence-electron chi connectivity index (χ3n) is 4.08. The molecule has 0 spiro atoms. The third kappa shape index (κ3) is 7.27. The number of nitrogens with zero attached hydrogens (tertiary/aromatic N) is 1. The minimum absolute atomic E-state index is 0.179. The van der Waals surface area contributed by atoms with Crippen molar-refractivity contribution in [3.63, 3.8) is 0 Å². The molecule has 8 nitrogen and oxygen atoms in total. The lowest BCUT2D eigenvalue weighted by Crippen LogP contribution is -2.48. The Bertz CT molecular complexity index is 995. The minimum Gasteiger partial charge on any atom is -0.483 e. The van der Waals surface area contributed by atoms with E-state index in [1.165, 1.54) is 24.4 Å². The molecule has 1 unspecified atom stereocenters. The van der Waals surface area contributed by atoms with Gasteiger partial charge in [-0.1, -0.05) is 49.2 Å². The zero-order chi connectivity index (χ0) is 23.0. The van der Waals surface area contributed by atoms with Crippen LogP contribution in [-0.2, 0) is 9.59 Å². The molecule has 0 heterocycles. The number of hydrogen-bond acceptors (Lipinski definition) is 5. The molecule has 0 aromatic heterocycles. The van der Waals surface area contributed by atoms with Crippen LogP contribution in [0.4, 0.5) is 0 Å². The molecule has 0 aliphatic carbocycles. The highest BCUT2D eigenvalue weighted by Gasteiger charge is 2.25. The number of nitrogens with two attached hydrogens (primary N) is 1. The number of rotatable bonds is 9. The van der Waals surface area contributed by atoms with Crippen LogP contribution in [0, 0.1) is 5.92 Å². The second-order valence-corrected chi connectivity index (χ2v) is 7.69. The van der Waals surface area contributed by atoms with Crippen molar-refractivity contribution in [1.29, 1.82) is 0 Å². The molecule has 3 amide bonds. The zero-order valence-electron chi connectivity index (χ0n) is 16.9. The highest BCUT2D eigenvalue weighted by Crippen LogP contribution is 2.21. The molecule has 31 heavy (non-hydrogen) atoms. The van der Waals surface area contributed by atoms with E-state index >= 15 is 0 Å². The van der Waals surface area contributed by atoms with Crippen LogP contribution in [0.25, 0.3) is 0 Å². The molecule has 0 fully saturated rings. The van der Waals surface area contributed by atoms with E-state index in [0.29, 0.717) is 16.3 Å². The summed E-state index contributed by atoms with van der Waals surface area (Å²) in [4.78, 5) is 36.1. The van der Waals surface area contributed by atoms with Crippen molar-refractivity contribution in [2.24, 2.45) is 16.8 Å². The van der Waals surface area contributed by atoms with Crippen molar-refractivity contribution in [3.05, 3.63) is 63.6 Å². The largest absolute Gasteiger partial charge is 0.483 e. The number of ether oxygens (including phenoxy) is 1. The Morgan fingerprint density at radius 1 is 1.16 bits per heavy atom. The van der Waals surface area contributed by atoms with Gasteiger partial charge in [-0.25, -0.2) is 5.43 Å². The van der Waals surface area contributed by atoms with Crippen LogP contribution in [0.5, 0.6) is 5.75 Å².